The van der Waals surface area contributed by atoms with E-state index in [0.717, 1.165) is 6.04 Å². The van der Waals surface area contributed by atoms with Crippen LogP contribution in [0.2, 0.25) is 25.7 Å². The van der Waals surface area contributed by atoms with Crippen LogP contribution in [0.4, 0.5) is 5.69 Å². The van der Waals surface area contributed by atoms with Crippen molar-refractivity contribution in [3.63, 3.8) is 0 Å². The maximum Gasteiger partial charge on any atom is 0.338 e. The molecule has 0 heterocycles. The Labute approximate surface area is 173 Å². The number of esters is 1. The molecule has 0 amide bonds. The highest BCUT2D eigenvalue weighted by molar-refractivity contribution is 6.76. The minimum atomic E-state index is -1.09. The van der Waals surface area contributed by atoms with Gasteiger partial charge in [0.2, 0.25) is 0 Å². The summed E-state index contributed by atoms with van der Waals surface area (Å²) in [6.45, 7) is 13.4. The fraction of sp³-hybridized carbons (Fsp3) is 0.476. The molecule has 0 fully saturated rings. The number of nitro benzene ring substituents is 1. The second-order valence-corrected chi connectivity index (χ2v) is 13.5. The minimum absolute atomic E-state index is 0.0804. The van der Waals surface area contributed by atoms with E-state index in [0.29, 0.717) is 13.0 Å². The number of nitrogens with zero attached hydrogens (tertiary/aromatic N) is 1. The number of carbonyl (C=O) groups excluding carboxylic acids is 1. The van der Waals surface area contributed by atoms with Gasteiger partial charge in [-0.2, -0.15) is 0 Å². The Morgan fingerprint density at radius 3 is 2.48 bits per heavy atom. The number of non-ortho nitro benzene ring substituents is 1. The molecule has 0 aliphatic heterocycles. The van der Waals surface area contributed by atoms with Gasteiger partial charge in [-0.3, -0.25) is 10.1 Å². The third-order valence-corrected chi connectivity index (χ3v) is 5.73. The standard InChI is InChI=1S/C21H31NO6Si/c1-6-20(28-21(23)18-10-12-19(13-11-18)22(24)25)9-7-8-17(2)27-16-26-14-15-29(3,4)5/h6-8,10-13,17,20H,1,9,14-16H2,2-5H3/b8-7-/t17-,20-/m1/s1. The molecule has 0 radical (unpaired) electrons. The van der Waals surface area contributed by atoms with Crippen molar-refractivity contribution in [2.45, 2.75) is 51.2 Å². The van der Waals surface area contributed by atoms with Crippen LogP contribution in [0.25, 0.3) is 0 Å². The second-order valence-electron chi connectivity index (χ2n) is 7.86. The fourth-order valence-corrected chi connectivity index (χ4v) is 2.93. The van der Waals surface area contributed by atoms with Crippen molar-refractivity contribution in [2.24, 2.45) is 0 Å². The summed E-state index contributed by atoms with van der Waals surface area (Å²) >= 11 is 0. The van der Waals surface area contributed by atoms with Gasteiger partial charge in [-0.25, -0.2) is 4.79 Å². The molecule has 0 aromatic heterocycles. The van der Waals surface area contributed by atoms with Crippen molar-refractivity contribution in [1.29, 1.82) is 0 Å². The molecule has 0 saturated carbocycles. The molecule has 160 valence electrons. The van der Waals surface area contributed by atoms with Crippen LogP contribution in [0.1, 0.15) is 23.7 Å². The lowest BCUT2D eigenvalue weighted by Gasteiger charge is -2.16. The molecule has 1 rings (SSSR count). The van der Waals surface area contributed by atoms with E-state index in [4.69, 9.17) is 14.2 Å². The first kappa shape index (κ1) is 24.7. The summed E-state index contributed by atoms with van der Waals surface area (Å²) < 4.78 is 16.4. The topological polar surface area (TPSA) is 87.9 Å². The highest BCUT2D eigenvalue weighted by Gasteiger charge is 2.14. The molecule has 2 atom stereocenters. The lowest BCUT2D eigenvalue weighted by molar-refractivity contribution is -0.384. The maximum absolute atomic E-state index is 12.2. The summed E-state index contributed by atoms with van der Waals surface area (Å²) in [7, 11) is -1.09. The predicted molar refractivity (Wildman–Crippen MR) is 116 cm³/mol. The largest absolute Gasteiger partial charge is 0.454 e. The smallest absolute Gasteiger partial charge is 0.338 e. The van der Waals surface area contributed by atoms with Gasteiger partial charge in [0.1, 0.15) is 12.9 Å². The van der Waals surface area contributed by atoms with E-state index in [1.54, 1.807) is 6.08 Å². The fourth-order valence-electron chi connectivity index (χ4n) is 2.17. The first-order valence-corrected chi connectivity index (χ1v) is 13.3. The molecule has 0 N–H and O–H groups in total. The van der Waals surface area contributed by atoms with Crippen LogP contribution in [0.15, 0.2) is 49.1 Å². The van der Waals surface area contributed by atoms with Crippen LogP contribution < -0.4 is 0 Å². The molecule has 0 aliphatic carbocycles. The van der Waals surface area contributed by atoms with Crippen molar-refractivity contribution < 1.29 is 23.9 Å². The summed E-state index contributed by atoms with van der Waals surface area (Å²) in [4.78, 5) is 22.3. The van der Waals surface area contributed by atoms with Gasteiger partial charge in [0.25, 0.3) is 5.69 Å². The van der Waals surface area contributed by atoms with Gasteiger partial charge in [-0.05, 0) is 25.1 Å². The minimum Gasteiger partial charge on any atom is -0.454 e. The molecule has 0 spiro atoms. The van der Waals surface area contributed by atoms with Crippen molar-refractivity contribution >= 4 is 19.7 Å². The second kappa shape index (κ2) is 12.3. The summed E-state index contributed by atoms with van der Waals surface area (Å²) in [5.74, 6) is -0.557. The zero-order valence-corrected chi connectivity index (χ0v) is 18.6. The van der Waals surface area contributed by atoms with Gasteiger partial charge in [-0.15, -0.1) is 0 Å². The molecule has 0 aliphatic rings. The Morgan fingerprint density at radius 1 is 1.28 bits per heavy atom. The summed E-state index contributed by atoms with van der Waals surface area (Å²) in [6.07, 6.45) is 5.09. The van der Waals surface area contributed by atoms with Gasteiger partial charge in [0.15, 0.2) is 0 Å². The lowest BCUT2D eigenvalue weighted by atomic mass is 10.2. The van der Waals surface area contributed by atoms with Gasteiger partial charge in [0, 0.05) is 33.2 Å². The zero-order valence-electron chi connectivity index (χ0n) is 17.6. The summed E-state index contributed by atoms with van der Waals surface area (Å²) in [6, 6.07) is 6.37. The van der Waals surface area contributed by atoms with Crippen LogP contribution in [0, 0.1) is 10.1 Å². The Balaban J connectivity index is 2.37. The first-order chi connectivity index (χ1) is 13.6. The molecular formula is C21H31NO6Si. The van der Waals surface area contributed by atoms with Crippen molar-refractivity contribution in [3.05, 3.63) is 64.8 Å². The molecule has 0 saturated heterocycles. The number of carbonyl (C=O) groups is 1. The molecule has 0 unspecified atom stereocenters. The Morgan fingerprint density at radius 2 is 1.93 bits per heavy atom. The molecule has 1 aromatic rings. The Kier molecular flexibility index (Phi) is 10.5. The summed E-state index contributed by atoms with van der Waals surface area (Å²) in [5.41, 5.74) is 0.168. The van der Waals surface area contributed by atoms with Crippen LogP contribution in [-0.2, 0) is 14.2 Å². The quantitative estimate of drug-likeness (QED) is 0.0850. The van der Waals surface area contributed by atoms with Gasteiger partial charge >= 0.3 is 5.97 Å². The monoisotopic (exact) mass is 421 g/mol. The normalized spacial score (nSPS) is 13.8. The third kappa shape index (κ3) is 10.7. The highest BCUT2D eigenvalue weighted by atomic mass is 28.3. The highest BCUT2D eigenvalue weighted by Crippen LogP contribution is 2.14. The molecule has 29 heavy (non-hydrogen) atoms. The van der Waals surface area contributed by atoms with Crippen LogP contribution in [-0.4, -0.2) is 44.6 Å². The van der Waals surface area contributed by atoms with Crippen molar-refractivity contribution in [3.8, 4) is 0 Å². The Hall–Kier alpha value is -2.29. The van der Waals surface area contributed by atoms with Gasteiger partial charge in [0.05, 0.1) is 16.6 Å². The van der Waals surface area contributed by atoms with E-state index in [1.165, 1.54) is 24.3 Å². The third-order valence-electron chi connectivity index (χ3n) is 4.02. The molecule has 7 nitrogen and oxygen atoms in total. The van der Waals surface area contributed by atoms with Crippen LogP contribution in [0.5, 0.6) is 0 Å². The number of nitro groups is 1. The average Bonchev–Trinajstić information content (AvgIpc) is 2.65. The van der Waals surface area contributed by atoms with Crippen LogP contribution >= 0.6 is 0 Å². The molecule has 1 aromatic carbocycles. The lowest BCUT2D eigenvalue weighted by Crippen LogP contribution is -2.22. The van der Waals surface area contributed by atoms with Gasteiger partial charge < -0.3 is 14.2 Å². The van der Waals surface area contributed by atoms with Crippen molar-refractivity contribution in [2.75, 3.05) is 13.4 Å². The van der Waals surface area contributed by atoms with Crippen molar-refractivity contribution in [1.82, 2.24) is 0 Å². The predicted octanol–water partition coefficient (Wildman–Crippen LogP) is 4.97. The number of benzene rings is 1. The number of hydrogen-bond donors (Lipinski definition) is 0. The molecule has 8 heteroatoms. The molecule has 0 bridgehead atoms. The number of ether oxygens (including phenoxy) is 3. The molecular weight excluding hydrogens is 390 g/mol. The van der Waals surface area contributed by atoms with Crippen LogP contribution in [0.3, 0.4) is 0 Å². The van der Waals surface area contributed by atoms with E-state index in [9.17, 15) is 14.9 Å². The van der Waals surface area contributed by atoms with E-state index < -0.39 is 25.1 Å². The Bertz CT molecular complexity index is 696. The number of rotatable bonds is 13. The number of hydrogen-bond acceptors (Lipinski definition) is 6. The van der Waals surface area contributed by atoms with Gasteiger partial charge in [-0.1, -0.05) is 44.4 Å². The van der Waals surface area contributed by atoms with E-state index >= 15 is 0 Å². The SMILES string of the molecule is C=C[C@H](C/C=C\[C@@H](C)OCOCC[Si](C)(C)C)OC(=O)c1ccc([N+](=O)[O-])cc1. The maximum atomic E-state index is 12.2. The average molecular weight is 422 g/mol. The first-order valence-electron chi connectivity index (χ1n) is 9.56. The van der Waals surface area contributed by atoms with E-state index in [2.05, 4.69) is 26.2 Å². The van der Waals surface area contributed by atoms with E-state index in [-0.39, 0.29) is 24.1 Å². The summed E-state index contributed by atoms with van der Waals surface area (Å²) in [5, 5.41) is 10.7. The zero-order chi connectivity index (χ0) is 21.9. The van der Waals surface area contributed by atoms with E-state index in [1.807, 2.05) is 19.1 Å².